The van der Waals surface area contributed by atoms with E-state index in [1.165, 1.54) is 5.56 Å². The lowest BCUT2D eigenvalue weighted by Crippen LogP contribution is -2.24. The predicted molar refractivity (Wildman–Crippen MR) is 95.4 cm³/mol. The van der Waals surface area contributed by atoms with E-state index in [4.69, 9.17) is 4.52 Å². The number of hydrogen-bond acceptors (Lipinski definition) is 3. The fraction of sp³-hybridized carbons (Fsp3) is 0.450. The number of aliphatic hydroxyl groups excluding tert-OH is 1. The Bertz CT molecular complexity index is 703. The number of benzene rings is 1. The van der Waals surface area contributed by atoms with E-state index in [0.29, 0.717) is 0 Å². The van der Waals surface area contributed by atoms with Crippen molar-refractivity contribution in [1.29, 1.82) is 0 Å². The van der Waals surface area contributed by atoms with E-state index < -0.39 is 0 Å². The molecule has 1 aromatic carbocycles. The average molecular weight is 313 g/mol. The van der Waals surface area contributed by atoms with E-state index in [-0.39, 0.29) is 17.4 Å². The van der Waals surface area contributed by atoms with Crippen LogP contribution in [0.5, 0.6) is 0 Å². The maximum atomic E-state index is 9.80. The third-order valence-corrected chi connectivity index (χ3v) is 4.12. The Morgan fingerprint density at radius 3 is 2.30 bits per heavy atom. The van der Waals surface area contributed by atoms with Gasteiger partial charge >= 0.3 is 0 Å². The second kappa shape index (κ2) is 6.32. The smallest absolute Gasteiger partial charge is 0.134 e. The number of hydrogen-bond donors (Lipinski definition) is 1. The molecule has 3 heteroatoms. The number of rotatable bonds is 4. The van der Waals surface area contributed by atoms with Gasteiger partial charge < -0.3 is 9.63 Å². The molecule has 2 rings (SSSR count). The van der Waals surface area contributed by atoms with Crippen molar-refractivity contribution in [3.05, 3.63) is 52.4 Å². The molecule has 1 heterocycles. The molecule has 23 heavy (non-hydrogen) atoms. The van der Waals surface area contributed by atoms with Gasteiger partial charge in [-0.3, -0.25) is 0 Å². The molecule has 0 saturated heterocycles. The van der Waals surface area contributed by atoms with Crippen LogP contribution in [0.25, 0.3) is 12.2 Å². The maximum Gasteiger partial charge on any atom is 0.134 e. The van der Waals surface area contributed by atoms with Crippen molar-refractivity contribution in [1.82, 2.24) is 5.16 Å². The minimum absolute atomic E-state index is 0.0752. The van der Waals surface area contributed by atoms with Gasteiger partial charge in [0.1, 0.15) is 11.5 Å². The second-order valence-electron chi connectivity index (χ2n) is 7.79. The van der Waals surface area contributed by atoms with E-state index in [0.717, 1.165) is 22.6 Å². The highest BCUT2D eigenvalue weighted by Crippen LogP contribution is 2.32. The highest BCUT2D eigenvalue weighted by molar-refractivity contribution is 5.70. The fourth-order valence-corrected chi connectivity index (χ4v) is 2.48. The third-order valence-electron chi connectivity index (χ3n) is 4.12. The minimum atomic E-state index is -0.305. The lowest BCUT2D eigenvalue weighted by atomic mass is 9.78. The zero-order valence-corrected chi connectivity index (χ0v) is 15.0. The van der Waals surface area contributed by atoms with Crippen LogP contribution in [0.15, 0.2) is 28.8 Å². The van der Waals surface area contributed by atoms with Crippen LogP contribution in [0.1, 0.15) is 62.8 Å². The van der Waals surface area contributed by atoms with E-state index in [2.05, 4.69) is 58.0 Å². The van der Waals surface area contributed by atoms with Crippen LogP contribution in [0, 0.1) is 6.92 Å². The Morgan fingerprint density at radius 2 is 1.78 bits per heavy atom. The van der Waals surface area contributed by atoms with Gasteiger partial charge in [-0.25, -0.2) is 0 Å². The van der Waals surface area contributed by atoms with Crippen LogP contribution in [-0.4, -0.2) is 16.9 Å². The largest absolute Gasteiger partial charge is 0.395 e. The van der Waals surface area contributed by atoms with Gasteiger partial charge in [0.2, 0.25) is 0 Å². The Morgan fingerprint density at radius 1 is 1.09 bits per heavy atom. The van der Waals surface area contributed by atoms with E-state index in [1.807, 2.05) is 25.1 Å². The summed E-state index contributed by atoms with van der Waals surface area (Å²) >= 11 is 0. The first-order valence-corrected chi connectivity index (χ1v) is 8.01. The van der Waals surface area contributed by atoms with Gasteiger partial charge in [0.05, 0.1) is 6.61 Å². The van der Waals surface area contributed by atoms with Crippen molar-refractivity contribution in [3.63, 3.8) is 0 Å². The Balaban J connectivity index is 2.48. The summed E-state index contributed by atoms with van der Waals surface area (Å²) in [5.41, 5.74) is 4.08. The number of aryl methyl sites for hydroxylation is 1. The average Bonchev–Trinajstić information content (AvgIpc) is 2.89. The summed E-state index contributed by atoms with van der Waals surface area (Å²) < 4.78 is 5.09. The third kappa shape index (κ3) is 4.11. The molecule has 0 saturated carbocycles. The Labute approximate surface area is 139 Å². The molecular weight excluding hydrogens is 286 g/mol. The van der Waals surface area contributed by atoms with Crippen LogP contribution < -0.4 is 0 Å². The van der Waals surface area contributed by atoms with Crippen molar-refractivity contribution in [2.45, 2.75) is 52.4 Å². The van der Waals surface area contributed by atoms with Crippen LogP contribution in [0.3, 0.4) is 0 Å². The molecule has 0 radical (unpaired) electrons. The van der Waals surface area contributed by atoms with E-state index in [9.17, 15) is 5.11 Å². The van der Waals surface area contributed by atoms with Gasteiger partial charge in [-0.2, -0.15) is 0 Å². The molecule has 0 amide bonds. The maximum absolute atomic E-state index is 9.80. The van der Waals surface area contributed by atoms with Crippen LogP contribution in [0.4, 0.5) is 0 Å². The first-order chi connectivity index (χ1) is 10.6. The fourth-order valence-electron chi connectivity index (χ4n) is 2.48. The molecule has 2 aromatic rings. The predicted octanol–water partition coefficient (Wildman–Crippen LogP) is 4.72. The van der Waals surface area contributed by atoms with Crippen LogP contribution in [-0.2, 0) is 10.8 Å². The summed E-state index contributed by atoms with van der Waals surface area (Å²) in [5, 5.41) is 13.8. The molecular formula is C20H27NO2. The molecule has 0 atom stereocenters. The van der Waals surface area contributed by atoms with Gasteiger partial charge in [0, 0.05) is 11.5 Å². The quantitative estimate of drug-likeness (QED) is 0.888. The number of aromatic nitrogens is 1. The molecule has 3 nitrogen and oxygen atoms in total. The van der Waals surface area contributed by atoms with Crippen LogP contribution >= 0.6 is 0 Å². The summed E-state index contributed by atoms with van der Waals surface area (Å²) in [6, 6.07) is 8.39. The highest BCUT2D eigenvalue weighted by Gasteiger charge is 2.24. The standard InChI is InChI=1S/C20H27NO2/c1-14-11-17(21-23-14)10-8-15-7-9-16(19(2,3)4)12-18(15)20(5,6)13-22/h7-12,22H,13H2,1-6H3/b10-8+. The number of aliphatic hydroxyl groups is 1. The number of nitrogens with zero attached hydrogens (tertiary/aromatic N) is 1. The van der Waals surface area contributed by atoms with Crippen molar-refractivity contribution in [3.8, 4) is 0 Å². The minimum Gasteiger partial charge on any atom is -0.395 e. The molecule has 0 fully saturated rings. The van der Waals surface area contributed by atoms with Gasteiger partial charge in [0.25, 0.3) is 0 Å². The molecule has 1 N–H and O–H groups in total. The summed E-state index contributed by atoms with van der Waals surface area (Å²) in [7, 11) is 0. The monoisotopic (exact) mass is 313 g/mol. The highest BCUT2D eigenvalue weighted by atomic mass is 16.5. The van der Waals surface area contributed by atoms with Gasteiger partial charge in [-0.05, 0) is 35.1 Å². The molecule has 1 aromatic heterocycles. The second-order valence-corrected chi connectivity index (χ2v) is 7.79. The van der Waals surface area contributed by atoms with Crippen molar-refractivity contribution in [2.75, 3.05) is 6.61 Å². The summed E-state index contributed by atoms with van der Waals surface area (Å²) in [4.78, 5) is 0. The van der Waals surface area contributed by atoms with Crippen molar-refractivity contribution < 1.29 is 9.63 Å². The van der Waals surface area contributed by atoms with Gasteiger partial charge in [-0.15, -0.1) is 0 Å². The normalized spacial score (nSPS) is 13.0. The van der Waals surface area contributed by atoms with Crippen molar-refractivity contribution >= 4 is 12.2 Å². The molecule has 0 aliphatic rings. The SMILES string of the molecule is Cc1cc(/C=C/c2ccc(C(C)(C)C)cc2C(C)(C)CO)no1. The molecule has 124 valence electrons. The molecule has 0 aliphatic carbocycles. The van der Waals surface area contributed by atoms with Gasteiger partial charge in [-0.1, -0.05) is 64.1 Å². The Hall–Kier alpha value is -1.87. The van der Waals surface area contributed by atoms with Crippen LogP contribution in [0.2, 0.25) is 0 Å². The first kappa shape index (κ1) is 17.5. The zero-order chi connectivity index (χ0) is 17.3. The molecule has 0 unspecified atom stereocenters. The lowest BCUT2D eigenvalue weighted by molar-refractivity contribution is 0.218. The zero-order valence-electron chi connectivity index (χ0n) is 15.0. The molecule has 0 aliphatic heterocycles. The van der Waals surface area contributed by atoms with E-state index in [1.54, 1.807) is 0 Å². The summed E-state index contributed by atoms with van der Waals surface area (Å²) in [6.45, 7) is 12.7. The van der Waals surface area contributed by atoms with Gasteiger partial charge in [0.15, 0.2) is 0 Å². The van der Waals surface area contributed by atoms with Crippen molar-refractivity contribution in [2.24, 2.45) is 0 Å². The molecule has 0 spiro atoms. The molecule has 0 bridgehead atoms. The topological polar surface area (TPSA) is 46.3 Å². The first-order valence-electron chi connectivity index (χ1n) is 8.01. The van der Waals surface area contributed by atoms with E-state index >= 15 is 0 Å². The summed E-state index contributed by atoms with van der Waals surface area (Å²) in [6.07, 6.45) is 3.98. The summed E-state index contributed by atoms with van der Waals surface area (Å²) in [5.74, 6) is 0.795. The Kier molecular flexibility index (Phi) is 4.81. The lowest BCUT2D eigenvalue weighted by Gasteiger charge is -2.28.